The minimum absolute atomic E-state index is 0.514. The third-order valence-corrected chi connectivity index (χ3v) is 2.97. The minimum atomic E-state index is -0.761. The molecule has 20 heavy (non-hydrogen) atoms. The zero-order valence-electron chi connectivity index (χ0n) is 13.1. The highest BCUT2D eigenvalue weighted by atomic mass is 16.5. The number of hydrogen-bond donors (Lipinski definition) is 2. The number of nitrogens with one attached hydrogen (secondary N) is 1. The van der Waals surface area contributed by atoms with Crippen molar-refractivity contribution in [1.82, 2.24) is 10.2 Å². The number of methoxy groups -OCH3 is 2. The van der Waals surface area contributed by atoms with Crippen molar-refractivity contribution in [3.63, 3.8) is 0 Å². The summed E-state index contributed by atoms with van der Waals surface area (Å²) in [6.45, 7) is 3.59. The van der Waals surface area contributed by atoms with Crippen molar-refractivity contribution in [1.29, 1.82) is 0 Å². The first-order chi connectivity index (χ1) is 9.38. The highest BCUT2D eigenvalue weighted by Crippen LogP contribution is 2.24. The van der Waals surface area contributed by atoms with Gasteiger partial charge in [0, 0.05) is 31.3 Å². The number of ether oxygens (including phenoxy) is 2. The maximum Gasteiger partial charge on any atom is 0.127 e. The number of likely N-dealkylation sites (N-methyl/N-ethyl adjacent to an activating group) is 1. The van der Waals surface area contributed by atoms with E-state index in [0.717, 1.165) is 17.1 Å². The van der Waals surface area contributed by atoms with Gasteiger partial charge in [-0.3, -0.25) is 0 Å². The Kier molecular flexibility index (Phi) is 6.26. The molecule has 5 nitrogen and oxygen atoms in total. The van der Waals surface area contributed by atoms with Crippen molar-refractivity contribution < 1.29 is 14.6 Å². The summed E-state index contributed by atoms with van der Waals surface area (Å²) in [6, 6.07) is 5.72. The Morgan fingerprint density at radius 1 is 1.25 bits per heavy atom. The van der Waals surface area contributed by atoms with E-state index >= 15 is 0 Å². The van der Waals surface area contributed by atoms with E-state index in [4.69, 9.17) is 9.47 Å². The smallest absolute Gasteiger partial charge is 0.127 e. The molecule has 114 valence electrons. The highest BCUT2D eigenvalue weighted by Gasteiger charge is 2.20. The Hall–Kier alpha value is -1.30. The van der Waals surface area contributed by atoms with Crippen LogP contribution < -0.4 is 14.8 Å². The van der Waals surface area contributed by atoms with Crippen LogP contribution in [0.5, 0.6) is 11.5 Å². The molecule has 1 atom stereocenters. The minimum Gasteiger partial charge on any atom is -0.497 e. The van der Waals surface area contributed by atoms with Gasteiger partial charge >= 0.3 is 0 Å². The van der Waals surface area contributed by atoms with Gasteiger partial charge in [0.15, 0.2) is 0 Å². The lowest BCUT2D eigenvalue weighted by Gasteiger charge is -2.27. The molecule has 0 spiro atoms. The molecule has 2 N–H and O–H groups in total. The molecule has 0 heterocycles. The summed E-state index contributed by atoms with van der Waals surface area (Å²) < 4.78 is 10.5. The molecule has 0 aliphatic rings. The van der Waals surface area contributed by atoms with Gasteiger partial charge < -0.3 is 24.8 Å². The van der Waals surface area contributed by atoms with E-state index in [0.29, 0.717) is 19.6 Å². The van der Waals surface area contributed by atoms with Gasteiger partial charge in [0.1, 0.15) is 11.5 Å². The average Bonchev–Trinajstić information content (AvgIpc) is 2.37. The summed E-state index contributed by atoms with van der Waals surface area (Å²) >= 11 is 0. The van der Waals surface area contributed by atoms with Crippen molar-refractivity contribution in [3.8, 4) is 11.5 Å². The van der Waals surface area contributed by atoms with E-state index in [1.54, 1.807) is 14.2 Å². The molecule has 0 aliphatic carbocycles. The molecular formula is C15H26N2O3. The van der Waals surface area contributed by atoms with Crippen LogP contribution in [-0.4, -0.2) is 57.0 Å². The maximum atomic E-state index is 10.2. The summed E-state index contributed by atoms with van der Waals surface area (Å²) in [5.41, 5.74) is 0.275. The second-order valence-corrected chi connectivity index (χ2v) is 5.52. The van der Waals surface area contributed by atoms with E-state index in [-0.39, 0.29) is 0 Å². The molecule has 0 aromatic heterocycles. The van der Waals surface area contributed by atoms with Gasteiger partial charge in [-0.25, -0.2) is 0 Å². The molecule has 0 radical (unpaired) electrons. The molecule has 0 saturated heterocycles. The largest absolute Gasteiger partial charge is 0.497 e. The van der Waals surface area contributed by atoms with Gasteiger partial charge in [-0.1, -0.05) is 6.07 Å². The molecule has 0 aliphatic heterocycles. The molecule has 1 rings (SSSR count). The van der Waals surface area contributed by atoms with Crippen LogP contribution >= 0.6 is 0 Å². The van der Waals surface area contributed by atoms with Crippen molar-refractivity contribution in [2.45, 2.75) is 19.1 Å². The van der Waals surface area contributed by atoms with Crippen LogP contribution in [0.4, 0.5) is 0 Å². The Morgan fingerprint density at radius 3 is 2.50 bits per heavy atom. The van der Waals surface area contributed by atoms with Gasteiger partial charge in [-0.15, -0.1) is 0 Å². The predicted molar refractivity (Wildman–Crippen MR) is 80.4 cm³/mol. The number of aliphatic hydroxyl groups is 1. The van der Waals surface area contributed by atoms with E-state index < -0.39 is 5.60 Å². The summed E-state index contributed by atoms with van der Waals surface area (Å²) in [4.78, 5) is 1.97. The lowest BCUT2D eigenvalue weighted by atomic mass is 10.1. The first-order valence-corrected chi connectivity index (χ1v) is 6.66. The normalized spacial score (nSPS) is 14.2. The molecule has 0 saturated carbocycles. The third kappa shape index (κ3) is 5.36. The Bertz CT molecular complexity index is 420. The van der Waals surface area contributed by atoms with Crippen molar-refractivity contribution in [2.75, 3.05) is 41.4 Å². The standard InChI is InChI=1S/C15H26N2O3/c1-15(18,11-17(2)3)10-16-9-12-6-7-13(19-4)8-14(12)20-5/h6-8,16,18H,9-11H2,1-5H3. The second kappa shape index (κ2) is 7.47. The fourth-order valence-electron chi connectivity index (χ4n) is 2.20. The lowest BCUT2D eigenvalue weighted by molar-refractivity contribution is 0.0335. The average molecular weight is 282 g/mol. The number of rotatable bonds is 8. The zero-order chi connectivity index (χ0) is 15.2. The van der Waals surface area contributed by atoms with Crippen LogP contribution in [0.3, 0.4) is 0 Å². The molecular weight excluding hydrogens is 256 g/mol. The molecule has 0 fully saturated rings. The number of benzene rings is 1. The fraction of sp³-hybridized carbons (Fsp3) is 0.600. The van der Waals surface area contributed by atoms with Crippen LogP contribution in [-0.2, 0) is 6.54 Å². The quantitative estimate of drug-likeness (QED) is 0.748. The fourth-order valence-corrected chi connectivity index (χ4v) is 2.20. The van der Waals surface area contributed by atoms with E-state index in [1.807, 2.05) is 44.1 Å². The first kappa shape index (κ1) is 16.8. The molecule has 1 aromatic rings. The zero-order valence-corrected chi connectivity index (χ0v) is 13.1. The lowest BCUT2D eigenvalue weighted by Crippen LogP contribution is -2.45. The van der Waals surface area contributed by atoms with Gasteiger partial charge in [-0.2, -0.15) is 0 Å². The van der Waals surface area contributed by atoms with Crippen molar-refractivity contribution in [2.24, 2.45) is 0 Å². The number of hydrogen-bond acceptors (Lipinski definition) is 5. The topological polar surface area (TPSA) is 54.0 Å². The van der Waals surface area contributed by atoms with Crippen molar-refractivity contribution in [3.05, 3.63) is 23.8 Å². The van der Waals surface area contributed by atoms with Crippen LogP contribution in [0, 0.1) is 0 Å². The van der Waals surface area contributed by atoms with Crippen LogP contribution in [0.2, 0.25) is 0 Å². The van der Waals surface area contributed by atoms with Crippen LogP contribution in [0.15, 0.2) is 18.2 Å². The monoisotopic (exact) mass is 282 g/mol. The van der Waals surface area contributed by atoms with E-state index in [2.05, 4.69) is 5.32 Å². The predicted octanol–water partition coefficient (Wildman–Crippen LogP) is 1.11. The first-order valence-electron chi connectivity index (χ1n) is 6.66. The summed E-state index contributed by atoms with van der Waals surface area (Å²) in [5.74, 6) is 1.55. The van der Waals surface area contributed by atoms with Crippen LogP contribution in [0.1, 0.15) is 12.5 Å². The van der Waals surface area contributed by atoms with Gasteiger partial charge in [-0.05, 0) is 27.1 Å². The van der Waals surface area contributed by atoms with E-state index in [9.17, 15) is 5.11 Å². The number of nitrogens with zero attached hydrogens (tertiary/aromatic N) is 1. The molecule has 0 amide bonds. The van der Waals surface area contributed by atoms with Gasteiger partial charge in [0.2, 0.25) is 0 Å². The van der Waals surface area contributed by atoms with Crippen LogP contribution in [0.25, 0.3) is 0 Å². The summed E-state index contributed by atoms with van der Waals surface area (Å²) in [7, 11) is 7.16. The summed E-state index contributed by atoms with van der Waals surface area (Å²) in [5, 5.41) is 13.5. The second-order valence-electron chi connectivity index (χ2n) is 5.52. The van der Waals surface area contributed by atoms with Crippen molar-refractivity contribution >= 4 is 0 Å². The Labute approximate surface area is 121 Å². The van der Waals surface area contributed by atoms with Gasteiger partial charge in [0.05, 0.1) is 19.8 Å². The molecule has 1 aromatic carbocycles. The molecule has 5 heteroatoms. The maximum absolute atomic E-state index is 10.2. The van der Waals surface area contributed by atoms with Gasteiger partial charge in [0.25, 0.3) is 0 Å². The SMILES string of the molecule is COc1ccc(CNCC(C)(O)CN(C)C)c(OC)c1. The third-order valence-electron chi connectivity index (χ3n) is 2.97. The highest BCUT2D eigenvalue weighted by molar-refractivity contribution is 5.40. The van der Waals surface area contributed by atoms with E-state index in [1.165, 1.54) is 0 Å². The summed E-state index contributed by atoms with van der Waals surface area (Å²) in [6.07, 6.45) is 0. The molecule has 1 unspecified atom stereocenters. The Balaban J connectivity index is 2.57. The molecule has 0 bridgehead atoms. The Morgan fingerprint density at radius 2 is 1.95 bits per heavy atom.